The van der Waals surface area contributed by atoms with Gasteiger partial charge in [0.2, 0.25) is 5.91 Å². The number of aromatic carboxylic acids is 1. The van der Waals surface area contributed by atoms with Gasteiger partial charge in [0.25, 0.3) is 5.56 Å². The third kappa shape index (κ3) is 3.34. The van der Waals surface area contributed by atoms with Crippen LogP contribution < -0.4 is 10.9 Å². The summed E-state index contributed by atoms with van der Waals surface area (Å²) in [6, 6.07) is 8.09. The number of carboxylic acids is 1. The third-order valence-corrected chi connectivity index (χ3v) is 2.71. The fraction of sp³-hybridized carbons (Fsp3) is 0.0714. The molecule has 0 radical (unpaired) electrons. The van der Waals surface area contributed by atoms with Crippen LogP contribution in [0.25, 0.3) is 11.4 Å². The van der Waals surface area contributed by atoms with Crippen LogP contribution in [0.15, 0.2) is 35.3 Å². The van der Waals surface area contributed by atoms with E-state index >= 15 is 0 Å². The van der Waals surface area contributed by atoms with Crippen molar-refractivity contribution in [1.29, 1.82) is 5.26 Å². The molecule has 0 fully saturated rings. The average molecular weight is 298 g/mol. The van der Waals surface area contributed by atoms with Crippen molar-refractivity contribution >= 4 is 17.6 Å². The van der Waals surface area contributed by atoms with Gasteiger partial charge in [-0.1, -0.05) is 0 Å². The van der Waals surface area contributed by atoms with E-state index in [9.17, 15) is 14.4 Å². The molecule has 1 aromatic carbocycles. The standard InChI is InChI=1S/C14H10N4O4/c15-6-5-11(19)17-9-3-1-8(2-4-9)12-16-7-10(14(21)22)13(20)18-12/h1-4,7H,5H2,(H,17,19)(H,21,22)(H,16,18,20). The highest BCUT2D eigenvalue weighted by Gasteiger charge is 2.10. The Morgan fingerprint density at radius 3 is 2.55 bits per heavy atom. The molecule has 2 rings (SSSR count). The predicted molar refractivity (Wildman–Crippen MR) is 76.1 cm³/mol. The lowest BCUT2D eigenvalue weighted by Gasteiger charge is -2.05. The van der Waals surface area contributed by atoms with Crippen molar-refractivity contribution in [2.75, 3.05) is 5.32 Å². The molecular weight excluding hydrogens is 288 g/mol. The van der Waals surface area contributed by atoms with E-state index in [-0.39, 0.29) is 12.2 Å². The van der Waals surface area contributed by atoms with E-state index in [2.05, 4.69) is 15.3 Å². The van der Waals surface area contributed by atoms with E-state index in [1.807, 2.05) is 0 Å². The van der Waals surface area contributed by atoms with Crippen LogP contribution in [-0.2, 0) is 4.79 Å². The summed E-state index contributed by atoms with van der Waals surface area (Å²) in [5, 5.41) is 19.7. The number of amides is 1. The fourth-order valence-electron chi connectivity index (χ4n) is 1.68. The van der Waals surface area contributed by atoms with Gasteiger partial charge in [-0.2, -0.15) is 5.26 Å². The Hall–Kier alpha value is -3.47. The zero-order valence-corrected chi connectivity index (χ0v) is 11.2. The average Bonchev–Trinajstić information content (AvgIpc) is 2.47. The van der Waals surface area contributed by atoms with Crippen LogP contribution >= 0.6 is 0 Å². The van der Waals surface area contributed by atoms with Crippen molar-refractivity contribution in [3.8, 4) is 17.5 Å². The van der Waals surface area contributed by atoms with Gasteiger partial charge >= 0.3 is 5.97 Å². The van der Waals surface area contributed by atoms with Crippen LogP contribution in [0.1, 0.15) is 16.8 Å². The molecular formula is C14H10N4O4. The minimum absolute atomic E-state index is 0.213. The summed E-state index contributed by atoms with van der Waals surface area (Å²) in [5.41, 5.74) is -0.145. The van der Waals surface area contributed by atoms with Gasteiger partial charge in [0.05, 0.1) is 6.07 Å². The highest BCUT2D eigenvalue weighted by atomic mass is 16.4. The number of carboxylic acid groups (broad SMARTS) is 1. The van der Waals surface area contributed by atoms with Crippen LogP contribution in [0.4, 0.5) is 5.69 Å². The molecule has 0 aliphatic rings. The molecule has 8 heteroatoms. The topological polar surface area (TPSA) is 136 Å². The number of carbonyl (C=O) groups excluding carboxylic acids is 1. The first-order valence-electron chi connectivity index (χ1n) is 6.11. The van der Waals surface area contributed by atoms with Gasteiger partial charge in [-0.3, -0.25) is 9.59 Å². The van der Waals surface area contributed by atoms with Gasteiger partial charge in [-0.05, 0) is 24.3 Å². The number of aromatic nitrogens is 2. The number of carbonyl (C=O) groups is 2. The number of nitriles is 1. The van der Waals surface area contributed by atoms with Crippen LogP contribution in [0.3, 0.4) is 0 Å². The van der Waals surface area contributed by atoms with Gasteiger partial charge in [-0.25, -0.2) is 9.78 Å². The van der Waals surface area contributed by atoms with Crippen molar-refractivity contribution in [2.24, 2.45) is 0 Å². The smallest absolute Gasteiger partial charge is 0.342 e. The maximum absolute atomic E-state index is 11.6. The molecule has 3 N–H and O–H groups in total. The molecule has 22 heavy (non-hydrogen) atoms. The van der Waals surface area contributed by atoms with Crippen LogP contribution in [0, 0.1) is 11.3 Å². The lowest BCUT2D eigenvalue weighted by Crippen LogP contribution is -2.18. The Balaban J connectivity index is 2.22. The Morgan fingerprint density at radius 1 is 1.32 bits per heavy atom. The van der Waals surface area contributed by atoms with Crippen molar-refractivity contribution in [2.45, 2.75) is 6.42 Å². The molecule has 110 valence electrons. The van der Waals surface area contributed by atoms with E-state index in [4.69, 9.17) is 10.4 Å². The minimum Gasteiger partial charge on any atom is -0.477 e. The van der Waals surface area contributed by atoms with Crippen molar-refractivity contribution in [3.63, 3.8) is 0 Å². The number of nitrogens with one attached hydrogen (secondary N) is 2. The Labute approximate surface area is 124 Å². The molecule has 1 amide bonds. The molecule has 0 saturated heterocycles. The Kier molecular flexibility index (Phi) is 4.29. The second kappa shape index (κ2) is 6.32. The number of H-pyrrole nitrogens is 1. The van der Waals surface area contributed by atoms with E-state index in [1.54, 1.807) is 30.3 Å². The highest BCUT2D eigenvalue weighted by molar-refractivity contribution is 5.92. The molecule has 2 aromatic rings. The predicted octanol–water partition coefficient (Wildman–Crippen LogP) is 0.987. The third-order valence-electron chi connectivity index (χ3n) is 2.71. The van der Waals surface area contributed by atoms with E-state index in [0.717, 1.165) is 6.20 Å². The van der Waals surface area contributed by atoms with Crippen molar-refractivity contribution < 1.29 is 14.7 Å². The SMILES string of the molecule is N#CCC(=O)Nc1ccc(-c2ncc(C(=O)O)c(=O)[nH]2)cc1. The Bertz CT molecular complexity index is 818. The molecule has 1 heterocycles. The Morgan fingerprint density at radius 2 is 2.00 bits per heavy atom. The lowest BCUT2D eigenvalue weighted by molar-refractivity contribution is -0.115. The van der Waals surface area contributed by atoms with Crippen molar-refractivity contribution in [3.05, 3.63) is 46.4 Å². The lowest BCUT2D eigenvalue weighted by atomic mass is 10.2. The van der Waals surface area contributed by atoms with E-state index in [0.29, 0.717) is 11.3 Å². The van der Waals surface area contributed by atoms with Crippen LogP contribution in [-0.4, -0.2) is 27.0 Å². The number of nitrogens with zero attached hydrogens (tertiary/aromatic N) is 2. The zero-order chi connectivity index (χ0) is 16.1. The van der Waals surface area contributed by atoms with E-state index in [1.165, 1.54) is 0 Å². The molecule has 0 spiro atoms. The number of rotatable bonds is 4. The maximum atomic E-state index is 11.6. The van der Waals surface area contributed by atoms with Crippen LogP contribution in [0.2, 0.25) is 0 Å². The molecule has 0 aliphatic heterocycles. The maximum Gasteiger partial charge on any atom is 0.342 e. The summed E-state index contributed by atoms with van der Waals surface area (Å²) in [6.45, 7) is 0. The first-order chi connectivity index (χ1) is 10.5. The second-order valence-electron chi connectivity index (χ2n) is 4.24. The quantitative estimate of drug-likeness (QED) is 0.769. The van der Waals surface area contributed by atoms with Crippen molar-refractivity contribution in [1.82, 2.24) is 9.97 Å². The number of hydrogen-bond acceptors (Lipinski definition) is 5. The van der Waals surface area contributed by atoms with Gasteiger partial charge in [0.15, 0.2) is 0 Å². The molecule has 0 bridgehead atoms. The number of hydrogen-bond donors (Lipinski definition) is 3. The van der Waals surface area contributed by atoms with Gasteiger partial charge in [-0.15, -0.1) is 0 Å². The monoisotopic (exact) mass is 298 g/mol. The summed E-state index contributed by atoms with van der Waals surface area (Å²) < 4.78 is 0. The number of aromatic amines is 1. The largest absolute Gasteiger partial charge is 0.477 e. The number of anilines is 1. The molecule has 0 saturated carbocycles. The summed E-state index contributed by atoms with van der Waals surface area (Å²) in [5.74, 6) is -1.56. The van der Waals surface area contributed by atoms with Gasteiger partial charge in [0, 0.05) is 17.4 Å². The first-order valence-corrected chi connectivity index (χ1v) is 6.11. The molecule has 8 nitrogen and oxygen atoms in total. The van der Waals surface area contributed by atoms with E-state index < -0.39 is 23.0 Å². The van der Waals surface area contributed by atoms with Crippen LogP contribution in [0.5, 0.6) is 0 Å². The van der Waals surface area contributed by atoms with Gasteiger partial charge in [0.1, 0.15) is 17.8 Å². The summed E-state index contributed by atoms with van der Waals surface area (Å²) in [6.07, 6.45) is 0.742. The summed E-state index contributed by atoms with van der Waals surface area (Å²) in [7, 11) is 0. The molecule has 0 aliphatic carbocycles. The zero-order valence-electron chi connectivity index (χ0n) is 11.2. The van der Waals surface area contributed by atoms with Gasteiger partial charge < -0.3 is 15.4 Å². The minimum atomic E-state index is -1.35. The summed E-state index contributed by atoms with van der Waals surface area (Å²) >= 11 is 0. The second-order valence-corrected chi connectivity index (χ2v) is 4.24. The molecule has 0 atom stereocenters. The number of benzene rings is 1. The fourth-order valence-corrected chi connectivity index (χ4v) is 1.68. The normalized spacial score (nSPS) is 9.77. The highest BCUT2D eigenvalue weighted by Crippen LogP contribution is 2.17. The molecule has 1 aromatic heterocycles. The molecule has 0 unspecified atom stereocenters. The first kappa shape index (κ1) is 14.9. The summed E-state index contributed by atoms with van der Waals surface area (Å²) in [4.78, 5) is 39.8.